The lowest BCUT2D eigenvalue weighted by molar-refractivity contribution is -0.145. The van der Waals surface area contributed by atoms with Crippen molar-refractivity contribution >= 4 is 46.5 Å². The summed E-state index contributed by atoms with van der Waals surface area (Å²) in [4.78, 5) is 66.3. The minimum atomic E-state index is -0.841. The van der Waals surface area contributed by atoms with Gasteiger partial charge in [0.05, 0.1) is 33.6 Å². The Kier molecular flexibility index (Phi) is 14.1. The molecule has 3 aromatic heterocycles. The molecule has 2 saturated carbocycles. The molecule has 18 heteroatoms. The van der Waals surface area contributed by atoms with Gasteiger partial charge in [0, 0.05) is 74.6 Å². The Bertz CT molecular complexity index is 2850. The van der Waals surface area contributed by atoms with E-state index in [0.717, 1.165) is 111 Å². The zero-order valence-electron chi connectivity index (χ0n) is 43.7. The van der Waals surface area contributed by atoms with Crippen LogP contribution >= 0.6 is 11.3 Å². The van der Waals surface area contributed by atoms with Gasteiger partial charge >= 0.3 is 0 Å². The van der Waals surface area contributed by atoms with Crippen molar-refractivity contribution in [3.05, 3.63) is 89.3 Å². The number of aliphatic hydroxyl groups excluding tert-OH is 1. The second-order valence-electron chi connectivity index (χ2n) is 23.6. The average molecular weight is 1040 g/mol. The molecule has 75 heavy (non-hydrogen) atoms. The molecule has 4 saturated heterocycles. The number of aryl methyl sites for hydroxylation is 1. The molecule has 2 aromatic carbocycles. The van der Waals surface area contributed by atoms with E-state index in [1.807, 2.05) is 75.7 Å². The highest BCUT2D eigenvalue weighted by Gasteiger charge is 2.50. The number of amides is 3. The Morgan fingerprint density at radius 1 is 0.867 bits per heavy atom. The van der Waals surface area contributed by atoms with Gasteiger partial charge < -0.3 is 46.2 Å². The number of phenolic OH excluding ortho intramolecular Hbond substituents is 1. The van der Waals surface area contributed by atoms with Gasteiger partial charge in [0.1, 0.15) is 17.8 Å². The number of hydrogen-bond acceptors (Lipinski definition) is 15. The van der Waals surface area contributed by atoms with Crippen LogP contribution in [0.15, 0.2) is 72.5 Å². The van der Waals surface area contributed by atoms with E-state index in [2.05, 4.69) is 52.9 Å². The van der Waals surface area contributed by atoms with Crippen LogP contribution in [0.3, 0.4) is 0 Å². The minimum Gasteiger partial charge on any atom is -0.507 e. The number of carbonyl (C=O) groups excluding carboxylic acids is 3. The van der Waals surface area contributed by atoms with E-state index in [0.29, 0.717) is 35.6 Å². The standard InChI is InChI=1S/C57H72N12O5S/c1-34-49(75-33-62-34)37-11-9-35(10-12-37)27-59-53(73)47-23-43(70)32-68(47)54(74)50(56(2,3)4)63-52(72)38-15-19-57(20-16-38)25-42(26-57)66-21-17-36(18-22-66)39-28-60-55(61-29-39)69-40-13-14-41(69)31-67(30-40)46-24-45(64-65-51(46)58)44-7-5-6-8-48(44)71/h5-12,24,28-29,33,36,38,40-43,47,50,70-71H,13-23,25-27,30-32H2,1-4H3,(H2,58,65)(H,59,73)(H,63,72)/t38-,40?,41?,42-,43-,47+,50-,57?/m1/s1. The maximum absolute atomic E-state index is 14.4. The molecule has 17 nitrogen and oxygen atoms in total. The summed E-state index contributed by atoms with van der Waals surface area (Å²) in [5.74, 6) is 0.873. The summed E-state index contributed by atoms with van der Waals surface area (Å²) in [5.41, 5.74) is 14.1. The number of β-amino-alcohol motifs (C(OH)–C–C–N with tert-alkyl or cyclic N) is 1. The van der Waals surface area contributed by atoms with Crippen molar-refractivity contribution in [3.8, 4) is 27.4 Å². The van der Waals surface area contributed by atoms with E-state index in [1.165, 1.54) is 23.3 Å². The van der Waals surface area contributed by atoms with E-state index in [4.69, 9.17) is 15.7 Å². The Morgan fingerprint density at radius 2 is 1.56 bits per heavy atom. The lowest BCUT2D eigenvalue weighted by atomic mass is 9.56. The number of thiazole rings is 1. The van der Waals surface area contributed by atoms with Gasteiger partial charge in [-0.05, 0) is 136 Å². The lowest BCUT2D eigenvalue weighted by Gasteiger charge is -2.55. The summed E-state index contributed by atoms with van der Waals surface area (Å²) in [6, 6.07) is 16.5. The van der Waals surface area contributed by atoms with Crippen molar-refractivity contribution in [2.45, 2.75) is 147 Å². The van der Waals surface area contributed by atoms with Crippen molar-refractivity contribution in [3.63, 3.8) is 0 Å². The number of nitrogens with one attached hydrogen (secondary N) is 2. The molecule has 1 spiro atoms. The van der Waals surface area contributed by atoms with Gasteiger partial charge in [0.25, 0.3) is 0 Å². The number of anilines is 3. The fourth-order valence-electron chi connectivity index (χ4n) is 13.3. The number of hydrogen-bond donors (Lipinski definition) is 5. The number of nitrogen functional groups attached to an aromatic ring is 1. The van der Waals surface area contributed by atoms with Crippen LogP contribution in [0, 0.1) is 23.7 Å². The molecule has 6 aliphatic rings. The van der Waals surface area contributed by atoms with E-state index in [9.17, 15) is 24.6 Å². The van der Waals surface area contributed by atoms with Gasteiger partial charge in [0.15, 0.2) is 5.82 Å². The summed E-state index contributed by atoms with van der Waals surface area (Å²) in [7, 11) is 0. The number of nitrogens with zero attached hydrogens (tertiary/aromatic N) is 9. The lowest BCUT2D eigenvalue weighted by Crippen LogP contribution is -2.59. The number of piperazine rings is 1. The highest BCUT2D eigenvalue weighted by Crippen LogP contribution is 2.55. The third-order valence-corrected chi connectivity index (χ3v) is 18.6. The molecule has 6 fully saturated rings. The average Bonchev–Trinajstić information content (AvgIpc) is 4.10. The first-order valence-electron chi connectivity index (χ1n) is 27.2. The number of carbonyl (C=O) groups is 3. The summed E-state index contributed by atoms with van der Waals surface area (Å²) in [6.07, 6.45) is 13.7. The second-order valence-corrected chi connectivity index (χ2v) is 24.4. The molecule has 396 valence electrons. The molecule has 11 rings (SSSR count). The number of rotatable bonds is 12. The van der Waals surface area contributed by atoms with Crippen molar-refractivity contribution in [2.75, 3.05) is 48.3 Å². The third kappa shape index (κ3) is 10.4. The topological polar surface area (TPSA) is 219 Å². The normalized spacial score (nSPS) is 26.5. The fraction of sp³-hybridized carbons (Fsp3) is 0.544. The predicted octanol–water partition coefficient (Wildman–Crippen LogP) is 6.84. The number of likely N-dealkylation sites (tertiary alicyclic amines) is 2. The van der Waals surface area contributed by atoms with Crippen LogP contribution < -0.4 is 26.2 Å². The van der Waals surface area contributed by atoms with Crippen LogP contribution in [0.5, 0.6) is 5.75 Å². The van der Waals surface area contributed by atoms with E-state index in [1.54, 1.807) is 23.5 Å². The molecule has 0 radical (unpaired) electrons. The van der Waals surface area contributed by atoms with E-state index in [-0.39, 0.29) is 59.9 Å². The first-order valence-corrected chi connectivity index (χ1v) is 28.0. The van der Waals surface area contributed by atoms with Crippen LogP contribution in [-0.4, -0.2) is 132 Å². The molecule has 6 N–H and O–H groups in total. The number of aliphatic hydroxyl groups is 1. The zero-order chi connectivity index (χ0) is 52.2. The van der Waals surface area contributed by atoms with Gasteiger partial charge in [-0.3, -0.25) is 14.4 Å². The Labute approximate surface area is 443 Å². The smallest absolute Gasteiger partial charge is 0.246 e. The molecule has 2 aliphatic carbocycles. The van der Waals surface area contributed by atoms with E-state index >= 15 is 0 Å². The van der Waals surface area contributed by atoms with Crippen molar-refractivity contribution in [1.82, 2.24) is 45.6 Å². The molecule has 4 aliphatic heterocycles. The van der Waals surface area contributed by atoms with Gasteiger partial charge in [-0.25, -0.2) is 15.0 Å². The first kappa shape index (κ1) is 50.9. The van der Waals surface area contributed by atoms with E-state index < -0.39 is 23.6 Å². The summed E-state index contributed by atoms with van der Waals surface area (Å²) < 4.78 is 0. The number of aromatic nitrogens is 5. The van der Waals surface area contributed by atoms with Gasteiger partial charge in [-0.2, -0.15) is 0 Å². The quantitative estimate of drug-likeness (QED) is 0.0865. The van der Waals surface area contributed by atoms with Gasteiger partial charge in [0.2, 0.25) is 23.7 Å². The molecular weight excluding hydrogens is 965 g/mol. The van der Waals surface area contributed by atoms with Crippen molar-refractivity contribution in [1.29, 1.82) is 0 Å². The predicted molar refractivity (Wildman–Crippen MR) is 290 cm³/mol. The third-order valence-electron chi connectivity index (χ3n) is 17.7. The number of benzene rings is 2. The SMILES string of the molecule is Cc1ncsc1-c1ccc(CNC(=O)[C@@H]2C[C@@H](O)CN2C(=O)[C@@H](NC(=O)[C@H]2CCC3(CC2)C[C@H](N2CCC(c4cnc(N5C6CCC5CN(c5cc(-c7ccccc7O)nnc5N)C6)nc4)CC2)C3)C(C)(C)C)cc1. The monoisotopic (exact) mass is 1040 g/mol. The van der Waals surface area contributed by atoms with Crippen LogP contribution in [-0.2, 0) is 20.9 Å². The zero-order valence-corrected chi connectivity index (χ0v) is 44.5. The minimum absolute atomic E-state index is 0.0462. The van der Waals surface area contributed by atoms with Gasteiger partial charge in [-0.1, -0.05) is 57.2 Å². The molecule has 5 atom stereocenters. The molecule has 3 amide bonds. The molecule has 5 aromatic rings. The van der Waals surface area contributed by atoms with Crippen LogP contribution in [0.1, 0.15) is 114 Å². The number of fused-ring (bicyclic) bond motifs is 2. The Balaban J connectivity index is 0.628. The highest BCUT2D eigenvalue weighted by atomic mass is 32.1. The molecular formula is C57H72N12O5S. The molecule has 2 unspecified atom stereocenters. The molecule has 7 heterocycles. The number of aromatic hydroxyl groups is 1. The fourth-order valence-corrected chi connectivity index (χ4v) is 14.1. The summed E-state index contributed by atoms with van der Waals surface area (Å²) in [5, 5.41) is 35.9. The maximum Gasteiger partial charge on any atom is 0.246 e. The van der Waals surface area contributed by atoms with Crippen LogP contribution in [0.25, 0.3) is 21.7 Å². The summed E-state index contributed by atoms with van der Waals surface area (Å²) in [6.45, 7) is 11.8. The highest BCUT2D eigenvalue weighted by molar-refractivity contribution is 7.13. The number of nitrogens with two attached hydrogens (primary N) is 1. The number of piperidine rings is 1. The van der Waals surface area contributed by atoms with Crippen molar-refractivity contribution < 1.29 is 24.6 Å². The van der Waals surface area contributed by atoms with Gasteiger partial charge in [-0.15, -0.1) is 21.5 Å². The Hall–Kier alpha value is -6.24. The number of para-hydroxylation sites is 1. The molecule has 2 bridgehead atoms. The van der Waals surface area contributed by atoms with Crippen LogP contribution in [0.2, 0.25) is 0 Å². The second kappa shape index (κ2) is 20.7. The van der Waals surface area contributed by atoms with Crippen LogP contribution in [0.4, 0.5) is 17.5 Å². The maximum atomic E-state index is 14.4. The largest absolute Gasteiger partial charge is 0.507 e. The summed E-state index contributed by atoms with van der Waals surface area (Å²) >= 11 is 1.59. The van der Waals surface area contributed by atoms with Crippen molar-refractivity contribution in [2.24, 2.45) is 16.7 Å². The number of phenols is 1. The Morgan fingerprint density at radius 3 is 2.21 bits per heavy atom. The first-order chi connectivity index (χ1) is 36.1.